The summed E-state index contributed by atoms with van der Waals surface area (Å²) in [7, 11) is 1.57. The summed E-state index contributed by atoms with van der Waals surface area (Å²) >= 11 is 6.09. The highest BCUT2D eigenvalue weighted by molar-refractivity contribution is 6.31. The Labute approximate surface area is 105 Å². The Kier molecular flexibility index (Phi) is 3.41. The monoisotopic (exact) mass is 252 g/mol. The van der Waals surface area contributed by atoms with Gasteiger partial charge in [0, 0.05) is 11.1 Å². The minimum absolute atomic E-state index is 0.468. The molecule has 1 N–H and O–H groups in total. The van der Waals surface area contributed by atoms with Crippen molar-refractivity contribution in [2.75, 3.05) is 7.11 Å². The largest absolute Gasteiger partial charge is 0.497 e. The summed E-state index contributed by atoms with van der Waals surface area (Å²) in [5.41, 5.74) is 1.32. The highest BCUT2D eigenvalue weighted by atomic mass is 35.5. The van der Waals surface area contributed by atoms with E-state index in [9.17, 15) is 5.11 Å². The molecule has 17 heavy (non-hydrogen) atoms. The minimum atomic E-state index is -0.786. The summed E-state index contributed by atoms with van der Waals surface area (Å²) in [6, 6.07) is 6.96. The summed E-state index contributed by atoms with van der Waals surface area (Å²) < 4.78 is 10.2. The maximum absolute atomic E-state index is 10.2. The predicted octanol–water partition coefficient (Wildman–Crippen LogP) is 3.33. The normalized spacial score (nSPS) is 12.5. The minimum Gasteiger partial charge on any atom is -0.497 e. The van der Waals surface area contributed by atoms with Crippen molar-refractivity contribution in [3.05, 3.63) is 52.4 Å². The van der Waals surface area contributed by atoms with Crippen molar-refractivity contribution < 1.29 is 14.3 Å². The maximum atomic E-state index is 10.2. The average molecular weight is 253 g/mol. The first-order chi connectivity index (χ1) is 8.11. The van der Waals surface area contributed by atoms with E-state index in [1.54, 1.807) is 31.4 Å². The molecule has 3 nitrogen and oxygen atoms in total. The maximum Gasteiger partial charge on any atom is 0.120 e. The molecule has 1 atom stereocenters. The zero-order chi connectivity index (χ0) is 12.4. The summed E-state index contributed by atoms with van der Waals surface area (Å²) in [5, 5.41) is 10.6. The molecule has 0 bridgehead atoms. The van der Waals surface area contributed by atoms with E-state index in [1.807, 2.05) is 6.92 Å². The Balaban J connectivity index is 2.34. The van der Waals surface area contributed by atoms with E-state index in [1.165, 1.54) is 6.26 Å². The number of halogens is 1. The number of aliphatic hydroxyl groups excluding tert-OH is 1. The molecule has 2 rings (SSSR count). The fraction of sp³-hybridized carbons (Fsp3) is 0.231. The third-order valence-corrected chi connectivity index (χ3v) is 2.90. The van der Waals surface area contributed by atoms with Gasteiger partial charge in [0.1, 0.15) is 17.6 Å². The third kappa shape index (κ3) is 2.46. The molecule has 0 aliphatic carbocycles. The molecule has 0 aliphatic heterocycles. The smallest absolute Gasteiger partial charge is 0.120 e. The molecule has 0 aliphatic rings. The van der Waals surface area contributed by atoms with Crippen LogP contribution in [0.25, 0.3) is 0 Å². The van der Waals surface area contributed by atoms with Crippen molar-refractivity contribution in [1.29, 1.82) is 0 Å². The van der Waals surface area contributed by atoms with Crippen molar-refractivity contribution in [2.45, 2.75) is 13.0 Å². The predicted molar refractivity (Wildman–Crippen MR) is 65.5 cm³/mol. The number of benzene rings is 1. The Morgan fingerprint density at radius 2 is 2.12 bits per heavy atom. The second kappa shape index (κ2) is 4.82. The lowest BCUT2D eigenvalue weighted by Crippen LogP contribution is -1.99. The van der Waals surface area contributed by atoms with E-state index in [2.05, 4.69) is 0 Å². The second-order valence-corrected chi connectivity index (χ2v) is 4.19. The first-order valence-corrected chi connectivity index (χ1v) is 5.56. The number of methoxy groups -OCH3 is 1. The van der Waals surface area contributed by atoms with Gasteiger partial charge in [0.05, 0.1) is 18.4 Å². The van der Waals surface area contributed by atoms with Gasteiger partial charge in [-0.15, -0.1) is 0 Å². The molecule has 90 valence electrons. The molecule has 0 radical (unpaired) electrons. The summed E-state index contributed by atoms with van der Waals surface area (Å²) in [6.45, 7) is 1.83. The molecule has 4 heteroatoms. The molecule has 1 unspecified atom stereocenters. The zero-order valence-electron chi connectivity index (χ0n) is 9.61. The zero-order valence-corrected chi connectivity index (χ0v) is 10.4. The molecule has 1 aromatic heterocycles. The Hall–Kier alpha value is -1.45. The molecular weight excluding hydrogens is 240 g/mol. The van der Waals surface area contributed by atoms with Crippen LogP contribution in [0.3, 0.4) is 0 Å². The summed E-state index contributed by atoms with van der Waals surface area (Å²) in [5.74, 6) is 1.41. The fourth-order valence-electron chi connectivity index (χ4n) is 1.64. The van der Waals surface area contributed by atoms with Gasteiger partial charge in [-0.05, 0) is 25.1 Å². The number of hydrogen-bond acceptors (Lipinski definition) is 3. The van der Waals surface area contributed by atoms with Crippen LogP contribution in [0.15, 0.2) is 34.9 Å². The fourth-order valence-corrected chi connectivity index (χ4v) is 1.92. The first-order valence-electron chi connectivity index (χ1n) is 5.18. The number of hydrogen-bond donors (Lipinski definition) is 1. The van der Waals surface area contributed by atoms with E-state index in [4.69, 9.17) is 20.8 Å². The number of ether oxygens (including phenoxy) is 1. The number of aryl methyl sites for hydroxylation is 1. The van der Waals surface area contributed by atoms with Crippen molar-refractivity contribution in [1.82, 2.24) is 0 Å². The van der Waals surface area contributed by atoms with Gasteiger partial charge in [-0.2, -0.15) is 0 Å². The van der Waals surface area contributed by atoms with Gasteiger partial charge in [0.25, 0.3) is 0 Å². The lowest BCUT2D eigenvalue weighted by molar-refractivity contribution is 0.219. The lowest BCUT2D eigenvalue weighted by atomic mass is 10.0. The van der Waals surface area contributed by atoms with Crippen LogP contribution in [0.4, 0.5) is 0 Å². The average Bonchev–Trinajstić information content (AvgIpc) is 2.75. The van der Waals surface area contributed by atoms with Gasteiger partial charge in [-0.3, -0.25) is 0 Å². The number of furan rings is 1. The van der Waals surface area contributed by atoms with Gasteiger partial charge in [-0.1, -0.05) is 17.7 Å². The molecule has 0 amide bonds. The van der Waals surface area contributed by atoms with Crippen molar-refractivity contribution in [3.63, 3.8) is 0 Å². The molecule has 0 saturated carbocycles. The highest BCUT2D eigenvalue weighted by Gasteiger charge is 2.16. The standard InChI is InChI=1S/C13H13ClO3/c1-8-5-9(7-17-8)13(15)11-4-3-10(16-2)6-12(11)14/h3-7,13,15H,1-2H3. The van der Waals surface area contributed by atoms with E-state index >= 15 is 0 Å². The lowest BCUT2D eigenvalue weighted by Gasteiger charge is -2.11. The Bertz CT molecular complexity index is 519. The van der Waals surface area contributed by atoms with Crippen LogP contribution in [0, 0.1) is 6.92 Å². The van der Waals surface area contributed by atoms with Gasteiger partial charge in [0.15, 0.2) is 0 Å². The molecule has 0 spiro atoms. The molecule has 1 aromatic carbocycles. The van der Waals surface area contributed by atoms with Crippen molar-refractivity contribution >= 4 is 11.6 Å². The van der Waals surface area contributed by atoms with Crippen LogP contribution >= 0.6 is 11.6 Å². The van der Waals surface area contributed by atoms with Crippen molar-refractivity contribution in [2.24, 2.45) is 0 Å². The third-order valence-electron chi connectivity index (χ3n) is 2.57. The molecule has 0 saturated heterocycles. The van der Waals surface area contributed by atoms with E-state index in [0.29, 0.717) is 21.9 Å². The van der Waals surface area contributed by atoms with Gasteiger partial charge in [-0.25, -0.2) is 0 Å². The second-order valence-electron chi connectivity index (χ2n) is 3.78. The topological polar surface area (TPSA) is 42.6 Å². The first kappa shape index (κ1) is 12.0. The van der Waals surface area contributed by atoms with E-state index in [0.717, 1.165) is 5.76 Å². The van der Waals surface area contributed by atoms with E-state index < -0.39 is 6.10 Å². The highest BCUT2D eigenvalue weighted by Crippen LogP contribution is 2.31. The van der Waals surface area contributed by atoms with Crippen LogP contribution in [0.2, 0.25) is 5.02 Å². The van der Waals surface area contributed by atoms with Crippen LogP contribution in [0.1, 0.15) is 23.0 Å². The number of aliphatic hydroxyl groups is 1. The SMILES string of the molecule is COc1ccc(C(O)c2coc(C)c2)c(Cl)c1. The molecule has 1 heterocycles. The van der Waals surface area contributed by atoms with Gasteiger partial charge >= 0.3 is 0 Å². The van der Waals surface area contributed by atoms with Crippen molar-refractivity contribution in [3.8, 4) is 5.75 Å². The van der Waals surface area contributed by atoms with Crippen LogP contribution in [-0.2, 0) is 0 Å². The van der Waals surface area contributed by atoms with Crippen LogP contribution in [-0.4, -0.2) is 12.2 Å². The molecule has 2 aromatic rings. The van der Waals surface area contributed by atoms with Crippen LogP contribution < -0.4 is 4.74 Å². The molecular formula is C13H13ClO3. The quantitative estimate of drug-likeness (QED) is 0.911. The van der Waals surface area contributed by atoms with E-state index in [-0.39, 0.29) is 0 Å². The Morgan fingerprint density at radius 3 is 2.65 bits per heavy atom. The van der Waals surface area contributed by atoms with Gasteiger partial charge in [0.2, 0.25) is 0 Å². The Morgan fingerprint density at radius 1 is 1.35 bits per heavy atom. The number of rotatable bonds is 3. The summed E-state index contributed by atoms with van der Waals surface area (Å²) in [4.78, 5) is 0. The summed E-state index contributed by atoms with van der Waals surface area (Å²) in [6.07, 6.45) is 0.742. The van der Waals surface area contributed by atoms with Crippen LogP contribution in [0.5, 0.6) is 5.75 Å². The van der Waals surface area contributed by atoms with Gasteiger partial charge < -0.3 is 14.3 Å². The molecule has 0 fully saturated rings.